The third-order valence-corrected chi connectivity index (χ3v) is 3.97. The van der Waals surface area contributed by atoms with Crippen molar-refractivity contribution in [3.63, 3.8) is 0 Å². The molecular formula is C12H14N2O4S2. The van der Waals surface area contributed by atoms with E-state index in [1.165, 1.54) is 4.90 Å². The lowest BCUT2D eigenvalue weighted by molar-refractivity contribution is 0.155. The highest BCUT2D eigenvalue weighted by Gasteiger charge is 2.16. The van der Waals surface area contributed by atoms with Crippen LogP contribution in [0.3, 0.4) is 0 Å². The van der Waals surface area contributed by atoms with Crippen molar-refractivity contribution >= 4 is 43.8 Å². The van der Waals surface area contributed by atoms with Crippen molar-refractivity contribution in [2.24, 2.45) is 0 Å². The molecule has 0 aliphatic heterocycles. The van der Waals surface area contributed by atoms with Gasteiger partial charge in [0.2, 0.25) is 0 Å². The summed E-state index contributed by atoms with van der Waals surface area (Å²) in [7, 11) is 2.97. The summed E-state index contributed by atoms with van der Waals surface area (Å²) in [6.07, 6.45) is -0.825. The standard InChI is InChI=1S/C12H14N2O4S2/c1-3-18-10(15)13-11(16)19-20-12(17)14(2)9-7-5-4-6-8-9/h4-8H,3H2,1-2H3,(H,13,15,16). The Morgan fingerprint density at radius 2 is 1.85 bits per heavy atom. The number of amides is 3. The predicted molar refractivity (Wildman–Crippen MR) is 81.0 cm³/mol. The van der Waals surface area contributed by atoms with Gasteiger partial charge < -0.3 is 9.64 Å². The molecular weight excluding hydrogens is 300 g/mol. The summed E-state index contributed by atoms with van der Waals surface area (Å²) in [6.45, 7) is 1.80. The van der Waals surface area contributed by atoms with Crippen LogP contribution in [0.1, 0.15) is 6.92 Å². The number of ether oxygens (including phenoxy) is 1. The third kappa shape index (κ3) is 5.54. The van der Waals surface area contributed by atoms with Crippen molar-refractivity contribution in [3.05, 3.63) is 30.3 Å². The average Bonchev–Trinajstić information content (AvgIpc) is 2.45. The summed E-state index contributed by atoms with van der Waals surface area (Å²) in [5.74, 6) is 0. The summed E-state index contributed by atoms with van der Waals surface area (Å²) in [6, 6.07) is 9.02. The van der Waals surface area contributed by atoms with Crippen LogP contribution in [0.15, 0.2) is 30.3 Å². The Labute approximate surface area is 124 Å². The van der Waals surface area contributed by atoms with Gasteiger partial charge in [-0.1, -0.05) is 18.2 Å². The molecule has 0 saturated heterocycles. The third-order valence-electron chi connectivity index (χ3n) is 2.09. The maximum absolute atomic E-state index is 11.8. The number of hydrogen-bond donors (Lipinski definition) is 1. The van der Waals surface area contributed by atoms with Crippen molar-refractivity contribution in [3.8, 4) is 0 Å². The van der Waals surface area contributed by atoms with E-state index >= 15 is 0 Å². The molecule has 1 aromatic rings. The lowest BCUT2D eigenvalue weighted by Gasteiger charge is -2.15. The van der Waals surface area contributed by atoms with E-state index in [1.807, 2.05) is 23.5 Å². The Kier molecular flexibility index (Phi) is 6.96. The topological polar surface area (TPSA) is 75.7 Å². The number of para-hydroxylation sites is 1. The molecule has 0 spiro atoms. The monoisotopic (exact) mass is 314 g/mol. The Bertz CT molecular complexity index is 482. The van der Waals surface area contributed by atoms with E-state index in [2.05, 4.69) is 4.74 Å². The smallest absolute Gasteiger partial charge is 0.414 e. The number of carbonyl (C=O) groups excluding carboxylic acids is 3. The molecule has 6 nitrogen and oxygen atoms in total. The Hall–Kier alpha value is -1.67. The summed E-state index contributed by atoms with van der Waals surface area (Å²) >= 11 is 0. The molecule has 1 N–H and O–H groups in total. The zero-order valence-electron chi connectivity index (χ0n) is 11.0. The van der Waals surface area contributed by atoms with Gasteiger partial charge in [0.05, 0.1) is 6.61 Å². The van der Waals surface area contributed by atoms with Crippen molar-refractivity contribution in [2.45, 2.75) is 6.92 Å². The minimum absolute atomic E-state index is 0.173. The van der Waals surface area contributed by atoms with E-state index < -0.39 is 11.3 Å². The van der Waals surface area contributed by atoms with Crippen LogP contribution in [0.2, 0.25) is 0 Å². The second-order valence-electron chi connectivity index (χ2n) is 3.46. The minimum Gasteiger partial charge on any atom is -0.450 e. The fourth-order valence-electron chi connectivity index (χ4n) is 1.16. The van der Waals surface area contributed by atoms with E-state index in [9.17, 15) is 14.4 Å². The van der Waals surface area contributed by atoms with Crippen LogP contribution >= 0.6 is 21.6 Å². The van der Waals surface area contributed by atoms with E-state index in [4.69, 9.17) is 0 Å². The van der Waals surface area contributed by atoms with Crippen molar-refractivity contribution in [2.75, 3.05) is 18.6 Å². The normalized spacial score (nSPS) is 9.70. The summed E-state index contributed by atoms with van der Waals surface area (Å²) in [4.78, 5) is 35.6. The number of benzene rings is 1. The number of hydrogen-bond acceptors (Lipinski definition) is 6. The van der Waals surface area contributed by atoms with Crippen molar-refractivity contribution in [1.29, 1.82) is 0 Å². The lowest BCUT2D eigenvalue weighted by Crippen LogP contribution is -2.28. The Balaban J connectivity index is 2.40. The van der Waals surface area contributed by atoms with Crippen LogP contribution in [0, 0.1) is 0 Å². The molecule has 0 unspecified atom stereocenters. The highest BCUT2D eigenvalue weighted by Crippen LogP contribution is 2.27. The fourth-order valence-corrected chi connectivity index (χ4v) is 2.55. The highest BCUT2D eigenvalue weighted by molar-refractivity contribution is 8.87. The summed E-state index contributed by atoms with van der Waals surface area (Å²) in [5.41, 5.74) is 0.719. The molecule has 108 valence electrons. The van der Waals surface area contributed by atoms with Gasteiger partial charge in [-0.15, -0.1) is 0 Å². The first kappa shape index (κ1) is 16.4. The first-order valence-corrected chi connectivity index (χ1v) is 7.84. The number of nitrogens with zero attached hydrogens (tertiary/aromatic N) is 1. The zero-order chi connectivity index (χ0) is 15.0. The molecule has 20 heavy (non-hydrogen) atoms. The van der Waals surface area contributed by atoms with Crippen molar-refractivity contribution < 1.29 is 19.1 Å². The molecule has 0 atom stereocenters. The molecule has 0 heterocycles. The summed E-state index contributed by atoms with van der Waals surface area (Å²) in [5, 5.41) is 1.02. The maximum Gasteiger partial charge on any atom is 0.414 e. The first-order chi connectivity index (χ1) is 9.54. The molecule has 0 aliphatic rings. The molecule has 0 fully saturated rings. The predicted octanol–water partition coefficient (Wildman–Crippen LogP) is 3.49. The second-order valence-corrected chi connectivity index (χ2v) is 5.51. The fraction of sp³-hybridized carbons (Fsp3) is 0.250. The molecule has 1 aromatic carbocycles. The molecule has 0 aliphatic carbocycles. The van der Waals surface area contributed by atoms with Gasteiger partial charge in [0.1, 0.15) is 0 Å². The first-order valence-electron chi connectivity index (χ1n) is 5.69. The van der Waals surface area contributed by atoms with E-state index in [0.717, 1.165) is 16.5 Å². The number of nitrogens with one attached hydrogen (secondary N) is 1. The average molecular weight is 314 g/mol. The van der Waals surface area contributed by atoms with Gasteiger partial charge in [0.15, 0.2) is 0 Å². The van der Waals surface area contributed by atoms with Gasteiger partial charge in [0, 0.05) is 34.3 Å². The van der Waals surface area contributed by atoms with Gasteiger partial charge in [-0.2, -0.15) is 0 Å². The SMILES string of the molecule is CCOC(=O)NC(=O)SSC(=O)N(C)c1ccccc1. The second kappa shape index (κ2) is 8.49. The number of anilines is 1. The van der Waals surface area contributed by atoms with Gasteiger partial charge in [-0.25, -0.2) is 4.79 Å². The van der Waals surface area contributed by atoms with Gasteiger partial charge in [-0.3, -0.25) is 14.9 Å². The number of alkyl carbamates (subject to hydrolysis) is 1. The largest absolute Gasteiger partial charge is 0.450 e. The molecule has 0 saturated carbocycles. The zero-order valence-corrected chi connectivity index (χ0v) is 12.6. The van der Waals surface area contributed by atoms with Crippen molar-refractivity contribution in [1.82, 2.24) is 5.32 Å². The van der Waals surface area contributed by atoms with Crippen LogP contribution in [0.5, 0.6) is 0 Å². The maximum atomic E-state index is 11.8. The van der Waals surface area contributed by atoms with Crippen LogP contribution < -0.4 is 10.2 Å². The highest BCUT2D eigenvalue weighted by atomic mass is 33.1. The van der Waals surface area contributed by atoms with Crippen LogP contribution in [-0.2, 0) is 4.74 Å². The van der Waals surface area contributed by atoms with Crippen LogP contribution in [0.25, 0.3) is 0 Å². The van der Waals surface area contributed by atoms with Crippen LogP contribution in [-0.4, -0.2) is 30.2 Å². The van der Waals surface area contributed by atoms with Gasteiger partial charge in [-0.05, 0) is 19.1 Å². The van der Waals surface area contributed by atoms with Gasteiger partial charge >= 0.3 is 6.09 Å². The van der Waals surface area contributed by atoms with E-state index in [1.54, 1.807) is 26.1 Å². The Morgan fingerprint density at radius 1 is 1.20 bits per heavy atom. The molecule has 3 amide bonds. The molecule has 8 heteroatoms. The molecule has 1 rings (SSSR count). The molecule has 0 radical (unpaired) electrons. The minimum atomic E-state index is -0.825. The number of carbonyl (C=O) groups is 3. The van der Waals surface area contributed by atoms with E-state index in [-0.39, 0.29) is 11.8 Å². The molecule has 0 bridgehead atoms. The van der Waals surface area contributed by atoms with Crippen LogP contribution in [0.4, 0.5) is 20.1 Å². The number of rotatable bonds is 2. The number of imide groups is 1. The van der Waals surface area contributed by atoms with Gasteiger partial charge in [0.25, 0.3) is 10.5 Å². The summed E-state index contributed by atoms with van der Waals surface area (Å²) < 4.78 is 4.55. The quantitative estimate of drug-likeness (QED) is 0.842. The lowest BCUT2D eigenvalue weighted by atomic mass is 10.3. The van der Waals surface area contributed by atoms with E-state index in [0.29, 0.717) is 10.8 Å². The molecule has 0 aromatic heterocycles. The Morgan fingerprint density at radius 3 is 2.45 bits per heavy atom.